The molecule has 1 aliphatic rings. The maximum Gasteiger partial charge on any atom is 0.259 e. The van der Waals surface area contributed by atoms with Crippen LogP contribution in [0.1, 0.15) is 53.0 Å². The fraction of sp³-hybridized carbons (Fsp3) is 0.333. The van der Waals surface area contributed by atoms with Gasteiger partial charge in [-0.05, 0) is 51.3 Å². The predicted octanol–water partition coefficient (Wildman–Crippen LogP) is 4.91. The molecule has 0 bridgehead atoms. The third-order valence-corrected chi connectivity index (χ3v) is 7.49. The van der Waals surface area contributed by atoms with Crippen molar-refractivity contribution in [3.8, 4) is 5.69 Å². The summed E-state index contributed by atoms with van der Waals surface area (Å²) >= 11 is 3.15. The number of thioether (sulfide) groups is 1. The van der Waals surface area contributed by atoms with Gasteiger partial charge >= 0.3 is 0 Å². The number of aromatic amines is 1. The van der Waals surface area contributed by atoms with Crippen molar-refractivity contribution in [1.29, 1.82) is 0 Å². The summed E-state index contributed by atoms with van der Waals surface area (Å²) in [5.74, 6) is 2.18. The molecule has 0 spiro atoms. The molecule has 5 rings (SSSR count). The Balaban J connectivity index is 1.52. The van der Waals surface area contributed by atoms with E-state index in [0.717, 1.165) is 44.8 Å². The number of H-pyrrole nitrogens is 1. The lowest BCUT2D eigenvalue weighted by Crippen LogP contribution is -2.13. The zero-order valence-electron chi connectivity index (χ0n) is 16.5. The molecular weight excluding hydrogens is 402 g/mol. The first kappa shape index (κ1) is 18.6. The van der Waals surface area contributed by atoms with E-state index in [1.165, 1.54) is 0 Å². The standard InChI is InChI=1S/C21H21N5OS2/c1-11-12(2)28-20-16(11)19(27)22-17(23-20)13(3)29-21-25-24-18(14-9-10-14)26(21)15-7-5-4-6-8-15/h4-8,13-14H,9-10H2,1-3H3,(H,22,23,27)/t13-/m1/s1. The fourth-order valence-corrected chi connectivity index (χ4v) is 5.43. The highest BCUT2D eigenvalue weighted by atomic mass is 32.2. The molecule has 1 saturated carbocycles. The zero-order chi connectivity index (χ0) is 20.1. The van der Waals surface area contributed by atoms with Gasteiger partial charge in [-0.1, -0.05) is 30.0 Å². The van der Waals surface area contributed by atoms with Crippen LogP contribution >= 0.6 is 23.1 Å². The summed E-state index contributed by atoms with van der Waals surface area (Å²) in [6, 6.07) is 10.2. The van der Waals surface area contributed by atoms with Gasteiger partial charge in [-0.15, -0.1) is 21.5 Å². The Labute approximate surface area is 176 Å². The van der Waals surface area contributed by atoms with E-state index in [-0.39, 0.29) is 10.8 Å². The molecule has 1 atom stereocenters. The van der Waals surface area contributed by atoms with Crippen molar-refractivity contribution in [2.45, 2.75) is 49.9 Å². The van der Waals surface area contributed by atoms with Gasteiger partial charge in [0.15, 0.2) is 5.16 Å². The van der Waals surface area contributed by atoms with Gasteiger partial charge in [0.2, 0.25) is 0 Å². The molecule has 0 saturated heterocycles. The average molecular weight is 424 g/mol. The Morgan fingerprint density at radius 3 is 2.69 bits per heavy atom. The van der Waals surface area contributed by atoms with Gasteiger partial charge in [-0.2, -0.15) is 0 Å². The van der Waals surface area contributed by atoms with Crippen LogP contribution in [0.3, 0.4) is 0 Å². The Morgan fingerprint density at radius 1 is 1.21 bits per heavy atom. The second-order valence-electron chi connectivity index (χ2n) is 7.46. The summed E-state index contributed by atoms with van der Waals surface area (Å²) in [5, 5.41) is 10.4. The van der Waals surface area contributed by atoms with Crippen molar-refractivity contribution in [1.82, 2.24) is 24.7 Å². The molecule has 0 aliphatic heterocycles. The Hall–Kier alpha value is -2.45. The number of hydrogen-bond donors (Lipinski definition) is 1. The van der Waals surface area contributed by atoms with Crippen LogP contribution in [0.4, 0.5) is 0 Å². The average Bonchev–Trinajstić information content (AvgIpc) is 3.41. The lowest BCUT2D eigenvalue weighted by atomic mass is 10.2. The normalized spacial score (nSPS) is 15.1. The van der Waals surface area contributed by atoms with Crippen LogP contribution in [0.25, 0.3) is 15.9 Å². The number of benzene rings is 1. The van der Waals surface area contributed by atoms with Crippen molar-refractivity contribution in [3.05, 3.63) is 62.8 Å². The van der Waals surface area contributed by atoms with E-state index in [9.17, 15) is 4.79 Å². The fourth-order valence-electron chi connectivity index (χ4n) is 3.46. The highest BCUT2D eigenvalue weighted by molar-refractivity contribution is 7.99. The monoisotopic (exact) mass is 423 g/mol. The summed E-state index contributed by atoms with van der Waals surface area (Å²) in [6.45, 7) is 6.05. The van der Waals surface area contributed by atoms with Gasteiger partial charge in [0.05, 0.1) is 10.6 Å². The van der Waals surface area contributed by atoms with E-state index >= 15 is 0 Å². The van der Waals surface area contributed by atoms with Gasteiger partial charge in [0.25, 0.3) is 5.56 Å². The third-order valence-electron chi connectivity index (χ3n) is 5.34. The maximum absolute atomic E-state index is 12.6. The van der Waals surface area contributed by atoms with Crippen molar-refractivity contribution in [2.24, 2.45) is 0 Å². The molecule has 1 fully saturated rings. The van der Waals surface area contributed by atoms with Crippen molar-refractivity contribution in [2.75, 3.05) is 0 Å². The van der Waals surface area contributed by atoms with Crippen LogP contribution in [0.2, 0.25) is 0 Å². The van der Waals surface area contributed by atoms with Gasteiger partial charge in [0, 0.05) is 16.5 Å². The van der Waals surface area contributed by atoms with Gasteiger partial charge in [-0.25, -0.2) is 4.98 Å². The van der Waals surface area contributed by atoms with E-state index in [1.54, 1.807) is 23.1 Å². The summed E-state index contributed by atoms with van der Waals surface area (Å²) in [5.41, 5.74) is 2.02. The lowest BCUT2D eigenvalue weighted by Gasteiger charge is -2.13. The van der Waals surface area contributed by atoms with Crippen LogP contribution < -0.4 is 5.56 Å². The number of nitrogens with zero attached hydrogens (tertiary/aromatic N) is 4. The smallest absolute Gasteiger partial charge is 0.259 e. The first-order valence-corrected chi connectivity index (χ1v) is 11.4. The first-order valence-electron chi connectivity index (χ1n) is 9.70. The number of nitrogens with one attached hydrogen (secondary N) is 1. The second-order valence-corrected chi connectivity index (χ2v) is 9.97. The molecule has 148 valence electrons. The molecule has 8 heteroatoms. The van der Waals surface area contributed by atoms with Gasteiger partial charge in [0.1, 0.15) is 16.5 Å². The number of fused-ring (bicyclic) bond motifs is 1. The summed E-state index contributed by atoms with van der Waals surface area (Å²) in [7, 11) is 0. The SMILES string of the molecule is Cc1sc2nc([C@@H](C)Sc3nnc(C4CC4)n3-c3ccccc3)[nH]c(=O)c2c1C. The zero-order valence-corrected chi connectivity index (χ0v) is 18.1. The molecule has 29 heavy (non-hydrogen) atoms. The van der Waals surface area contributed by atoms with Crippen molar-refractivity contribution in [3.63, 3.8) is 0 Å². The van der Waals surface area contributed by atoms with Crippen LogP contribution in [-0.4, -0.2) is 24.7 Å². The molecular formula is C21H21N5OS2. The quantitative estimate of drug-likeness (QED) is 0.462. The Bertz CT molecular complexity index is 1250. The minimum atomic E-state index is -0.0671. The number of aryl methyl sites for hydroxylation is 2. The highest BCUT2D eigenvalue weighted by Gasteiger charge is 2.31. The molecule has 0 unspecified atom stereocenters. The van der Waals surface area contributed by atoms with Gasteiger partial charge in [-0.3, -0.25) is 9.36 Å². The highest BCUT2D eigenvalue weighted by Crippen LogP contribution is 2.42. The third kappa shape index (κ3) is 3.30. The molecule has 6 nitrogen and oxygen atoms in total. The van der Waals surface area contributed by atoms with Crippen LogP contribution in [-0.2, 0) is 0 Å². The van der Waals surface area contributed by atoms with Crippen LogP contribution in [0, 0.1) is 13.8 Å². The van der Waals surface area contributed by atoms with E-state index in [0.29, 0.717) is 17.1 Å². The summed E-state index contributed by atoms with van der Waals surface area (Å²) < 4.78 is 2.15. The van der Waals surface area contributed by atoms with Gasteiger partial charge < -0.3 is 4.98 Å². The molecule has 1 N–H and O–H groups in total. The summed E-state index contributed by atoms with van der Waals surface area (Å²) in [6.07, 6.45) is 2.32. The minimum Gasteiger partial charge on any atom is -0.309 e. The Morgan fingerprint density at radius 2 is 1.97 bits per heavy atom. The Kier molecular flexibility index (Phi) is 4.55. The summed E-state index contributed by atoms with van der Waals surface area (Å²) in [4.78, 5) is 22.3. The van der Waals surface area contributed by atoms with Crippen molar-refractivity contribution >= 4 is 33.3 Å². The van der Waals surface area contributed by atoms with E-state index in [1.807, 2.05) is 39.0 Å². The molecule has 0 radical (unpaired) electrons. The number of para-hydroxylation sites is 1. The predicted molar refractivity (Wildman–Crippen MR) is 117 cm³/mol. The lowest BCUT2D eigenvalue weighted by molar-refractivity contribution is 0.822. The molecule has 0 amide bonds. The van der Waals surface area contributed by atoms with Crippen molar-refractivity contribution < 1.29 is 0 Å². The second kappa shape index (κ2) is 7.11. The number of rotatable bonds is 5. The van der Waals surface area contributed by atoms with E-state index < -0.39 is 0 Å². The number of aromatic nitrogens is 5. The molecule has 3 heterocycles. The minimum absolute atomic E-state index is 0.0615. The topological polar surface area (TPSA) is 76.5 Å². The first-order chi connectivity index (χ1) is 14.0. The van der Waals surface area contributed by atoms with Crippen LogP contribution in [0.15, 0.2) is 40.3 Å². The molecule has 1 aliphatic carbocycles. The van der Waals surface area contributed by atoms with Crippen LogP contribution in [0.5, 0.6) is 0 Å². The number of thiophene rings is 1. The molecule has 1 aromatic carbocycles. The molecule has 4 aromatic rings. The largest absolute Gasteiger partial charge is 0.309 e. The maximum atomic E-state index is 12.6. The van der Waals surface area contributed by atoms with E-state index in [2.05, 4.69) is 31.9 Å². The number of hydrogen-bond acceptors (Lipinski definition) is 6. The molecule has 3 aromatic heterocycles. The van der Waals surface area contributed by atoms with E-state index in [4.69, 9.17) is 4.98 Å².